The van der Waals surface area contributed by atoms with Crippen LogP contribution < -0.4 is 0 Å². The highest BCUT2D eigenvalue weighted by Crippen LogP contribution is 2.16. The minimum Gasteiger partial charge on any atom is -0.387 e. The summed E-state index contributed by atoms with van der Waals surface area (Å²) >= 11 is 0. The second-order valence-electron chi connectivity index (χ2n) is 6.17. The molecule has 0 aliphatic rings. The van der Waals surface area contributed by atoms with E-state index in [-0.39, 0.29) is 5.91 Å². The van der Waals surface area contributed by atoms with Gasteiger partial charge < -0.3 is 10.0 Å². The number of aryl methyl sites for hydroxylation is 2. The van der Waals surface area contributed by atoms with Gasteiger partial charge in [0.2, 0.25) is 5.91 Å². The van der Waals surface area contributed by atoms with Gasteiger partial charge in [0, 0.05) is 13.0 Å². The summed E-state index contributed by atoms with van der Waals surface area (Å²) in [4.78, 5) is 14.1. The lowest BCUT2D eigenvalue weighted by Crippen LogP contribution is -2.34. The second-order valence-corrected chi connectivity index (χ2v) is 6.17. The molecule has 0 heterocycles. The summed E-state index contributed by atoms with van der Waals surface area (Å²) in [5.74, 6) is 0.0259. The third kappa shape index (κ3) is 5.44. The molecule has 2 aromatic rings. The van der Waals surface area contributed by atoms with E-state index in [1.165, 1.54) is 0 Å². The molecule has 0 saturated carbocycles. The van der Waals surface area contributed by atoms with Crippen molar-refractivity contribution < 1.29 is 9.90 Å². The van der Waals surface area contributed by atoms with E-state index >= 15 is 0 Å². The third-order valence-electron chi connectivity index (χ3n) is 4.30. The van der Waals surface area contributed by atoms with Crippen molar-refractivity contribution in [2.24, 2.45) is 0 Å². The molecule has 1 atom stereocenters. The van der Waals surface area contributed by atoms with Gasteiger partial charge in [0.15, 0.2) is 0 Å². The molecule has 4 nitrogen and oxygen atoms in total. The van der Waals surface area contributed by atoms with Crippen LogP contribution in [0.2, 0.25) is 0 Å². The first-order valence-corrected chi connectivity index (χ1v) is 8.55. The van der Waals surface area contributed by atoms with Crippen molar-refractivity contribution in [3.8, 4) is 6.07 Å². The number of aliphatic hydroxyl groups excluding tert-OH is 1. The summed E-state index contributed by atoms with van der Waals surface area (Å²) in [7, 11) is 0. The number of rotatable bonds is 7. The molecule has 0 aromatic heterocycles. The lowest BCUT2D eigenvalue weighted by atomic mass is 10.1. The fourth-order valence-electron chi connectivity index (χ4n) is 2.67. The van der Waals surface area contributed by atoms with Gasteiger partial charge in [-0.05, 0) is 43.5 Å². The lowest BCUT2D eigenvalue weighted by Gasteiger charge is -2.24. The molecule has 0 spiro atoms. The van der Waals surface area contributed by atoms with Gasteiger partial charge in [0.05, 0.1) is 24.3 Å². The van der Waals surface area contributed by atoms with Gasteiger partial charge in [0.25, 0.3) is 0 Å². The molecule has 130 valence electrons. The van der Waals surface area contributed by atoms with Crippen LogP contribution in [0.1, 0.15) is 41.7 Å². The molecule has 2 aromatic carbocycles. The number of amides is 1. The normalized spacial score (nSPS) is 11.6. The zero-order valence-corrected chi connectivity index (χ0v) is 14.8. The first-order chi connectivity index (χ1) is 12.0. The van der Waals surface area contributed by atoms with Crippen molar-refractivity contribution in [3.05, 3.63) is 70.8 Å². The molecule has 4 heteroatoms. The Balaban J connectivity index is 1.91. The summed E-state index contributed by atoms with van der Waals surface area (Å²) < 4.78 is 0. The highest BCUT2D eigenvalue weighted by atomic mass is 16.3. The second kappa shape index (κ2) is 9.00. The molecule has 0 radical (unpaired) electrons. The van der Waals surface area contributed by atoms with Crippen LogP contribution in [0.4, 0.5) is 0 Å². The van der Waals surface area contributed by atoms with E-state index in [1.807, 2.05) is 50.2 Å². The van der Waals surface area contributed by atoms with Crippen LogP contribution in [-0.4, -0.2) is 29.0 Å². The Labute approximate surface area is 149 Å². The van der Waals surface area contributed by atoms with Gasteiger partial charge in [-0.25, -0.2) is 0 Å². The number of hydrogen-bond acceptors (Lipinski definition) is 3. The summed E-state index contributed by atoms with van der Waals surface area (Å²) in [5, 5.41) is 19.2. The minimum absolute atomic E-state index is 0.0259. The first-order valence-electron chi connectivity index (χ1n) is 8.55. The van der Waals surface area contributed by atoms with Gasteiger partial charge in [-0.1, -0.05) is 42.0 Å². The lowest BCUT2D eigenvalue weighted by molar-refractivity contribution is -0.132. The average Bonchev–Trinajstić information content (AvgIpc) is 2.64. The maximum Gasteiger partial charge on any atom is 0.222 e. The highest BCUT2D eigenvalue weighted by Gasteiger charge is 2.17. The number of benzene rings is 2. The van der Waals surface area contributed by atoms with Gasteiger partial charge >= 0.3 is 0 Å². The molecule has 25 heavy (non-hydrogen) atoms. The van der Waals surface area contributed by atoms with Crippen molar-refractivity contribution in [2.45, 2.75) is 32.8 Å². The van der Waals surface area contributed by atoms with Crippen LogP contribution in [0, 0.1) is 18.3 Å². The van der Waals surface area contributed by atoms with Gasteiger partial charge in [0.1, 0.15) is 0 Å². The van der Waals surface area contributed by atoms with Crippen LogP contribution in [0.25, 0.3) is 0 Å². The summed E-state index contributed by atoms with van der Waals surface area (Å²) in [6, 6.07) is 17.1. The Morgan fingerprint density at radius 3 is 2.36 bits per heavy atom. The molecule has 0 fully saturated rings. The molecule has 0 bridgehead atoms. The van der Waals surface area contributed by atoms with Crippen molar-refractivity contribution >= 4 is 5.91 Å². The Morgan fingerprint density at radius 2 is 1.80 bits per heavy atom. The monoisotopic (exact) mass is 336 g/mol. The first kappa shape index (κ1) is 18.7. The minimum atomic E-state index is -0.681. The van der Waals surface area contributed by atoms with Crippen LogP contribution in [-0.2, 0) is 11.2 Å². The van der Waals surface area contributed by atoms with Gasteiger partial charge in [-0.15, -0.1) is 0 Å². The van der Waals surface area contributed by atoms with Gasteiger partial charge in [-0.3, -0.25) is 4.79 Å². The Kier molecular flexibility index (Phi) is 6.73. The predicted molar refractivity (Wildman–Crippen MR) is 97.9 cm³/mol. The molecular formula is C21H24N2O2. The van der Waals surface area contributed by atoms with Crippen molar-refractivity contribution in [2.75, 3.05) is 13.1 Å². The summed E-state index contributed by atoms with van der Waals surface area (Å²) in [5.41, 5.74) is 3.61. The van der Waals surface area contributed by atoms with E-state index in [0.717, 1.165) is 16.7 Å². The molecule has 1 unspecified atom stereocenters. The predicted octanol–water partition coefficient (Wildman–Crippen LogP) is 3.38. The van der Waals surface area contributed by atoms with Crippen LogP contribution >= 0.6 is 0 Å². The van der Waals surface area contributed by atoms with Crippen LogP contribution in [0.3, 0.4) is 0 Å². The molecule has 0 saturated heterocycles. The number of nitriles is 1. The third-order valence-corrected chi connectivity index (χ3v) is 4.30. The molecule has 1 amide bonds. The van der Waals surface area contributed by atoms with Crippen molar-refractivity contribution in [1.29, 1.82) is 5.26 Å². The summed E-state index contributed by atoms with van der Waals surface area (Å²) in [6.45, 7) is 4.78. The molecule has 0 aliphatic heterocycles. The number of hydrogen-bond donors (Lipinski definition) is 1. The Morgan fingerprint density at radius 1 is 1.16 bits per heavy atom. The van der Waals surface area contributed by atoms with Crippen LogP contribution in [0.15, 0.2) is 48.5 Å². The SMILES string of the molecule is CCN(CC(O)c1ccc(C)cc1)C(=O)CCc1ccc(C#N)cc1. The Hall–Kier alpha value is -2.64. The molecular weight excluding hydrogens is 312 g/mol. The molecule has 0 aliphatic carbocycles. The zero-order valence-electron chi connectivity index (χ0n) is 14.8. The smallest absolute Gasteiger partial charge is 0.222 e. The topological polar surface area (TPSA) is 64.3 Å². The summed E-state index contributed by atoms with van der Waals surface area (Å²) in [6.07, 6.45) is 0.335. The number of aliphatic hydroxyl groups is 1. The van der Waals surface area contributed by atoms with E-state index in [1.54, 1.807) is 17.0 Å². The number of nitrogens with zero attached hydrogens (tertiary/aromatic N) is 2. The fourth-order valence-corrected chi connectivity index (χ4v) is 2.67. The van der Waals surface area contributed by atoms with Crippen LogP contribution in [0.5, 0.6) is 0 Å². The molecule has 1 N–H and O–H groups in total. The van der Waals surface area contributed by atoms with Gasteiger partial charge in [-0.2, -0.15) is 5.26 Å². The number of carbonyl (C=O) groups is 1. The maximum atomic E-state index is 12.5. The quantitative estimate of drug-likeness (QED) is 0.843. The van der Waals surface area contributed by atoms with E-state index < -0.39 is 6.10 Å². The van der Waals surface area contributed by atoms with Crippen molar-refractivity contribution in [3.63, 3.8) is 0 Å². The van der Waals surface area contributed by atoms with E-state index in [9.17, 15) is 9.90 Å². The number of carbonyl (C=O) groups excluding carboxylic acids is 1. The fraction of sp³-hybridized carbons (Fsp3) is 0.333. The average molecular weight is 336 g/mol. The largest absolute Gasteiger partial charge is 0.387 e. The standard InChI is InChI=1S/C21H24N2O2/c1-3-23(15-20(24)19-11-4-16(2)5-12-19)21(25)13-10-17-6-8-18(14-22)9-7-17/h4-9,11-12,20,24H,3,10,13,15H2,1-2H3. The van der Waals surface area contributed by atoms with E-state index in [2.05, 4.69) is 6.07 Å². The van der Waals surface area contributed by atoms with E-state index in [4.69, 9.17) is 5.26 Å². The Bertz CT molecular complexity index is 730. The number of likely N-dealkylation sites (N-methyl/N-ethyl adjacent to an activating group) is 1. The van der Waals surface area contributed by atoms with E-state index in [0.29, 0.717) is 31.5 Å². The van der Waals surface area contributed by atoms with Crippen molar-refractivity contribution in [1.82, 2.24) is 4.90 Å². The molecule has 2 rings (SSSR count). The zero-order chi connectivity index (χ0) is 18.2. The maximum absolute atomic E-state index is 12.5. The highest BCUT2D eigenvalue weighted by molar-refractivity contribution is 5.76.